The third kappa shape index (κ3) is 3.54. The van der Waals surface area contributed by atoms with Crippen LogP contribution in [0.4, 0.5) is 0 Å². The van der Waals surface area contributed by atoms with E-state index in [9.17, 15) is 9.90 Å². The van der Waals surface area contributed by atoms with Gasteiger partial charge in [0, 0.05) is 25.5 Å². The summed E-state index contributed by atoms with van der Waals surface area (Å²) < 4.78 is 2.01. The summed E-state index contributed by atoms with van der Waals surface area (Å²) in [5, 5.41) is 12.7. The van der Waals surface area contributed by atoms with Crippen LogP contribution in [0.25, 0.3) is 0 Å². The van der Waals surface area contributed by atoms with E-state index >= 15 is 0 Å². The Balaban J connectivity index is 1.57. The molecular formula is C17H21N3O2. The van der Waals surface area contributed by atoms with Crippen LogP contribution < -0.4 is 5.32 Å². The number of nitrogens with one attached hydrogen (secondary N) is 1. The van der Waals surface area contributed by atoms with Crippen molar-refractivity contribution in [3.8, 4) is 0 Å². The van der Waals surface area contributed by atoms with E-state index < -0.39 is 6.10 Å². The van der Waals surface area contributed by atoms with Gasteiger partial charge in [-0.05, 0) is 30.4 Å². The summed E-state index contributed by atoms with van der Waals surface area (Å²) in [6, 6.07) is 8.15. The third-order valence-electron chi connectivity index (χ3n) is 4.20. The molecule has 22 heavy (non-hydrogen) atoms. The van der Waals surface area contributed by atoms with Crippen LogP contribution in [-0.4, -0.2) is 26.7 Å². The standard InChI is InChI=1S/C17H21N3O2/c21-16-6-2-5-15(16)17(22)19-10-13-3-1-4-14(9-13)11-20-8-7-18-12-20/h1,3-4,7-9,12,15-16,21H,2,5-6,10-11H2,(H,19,22). The largest absolute Gasteiger partial charge is 0.392 e. The number of aliphatic hydroxyl groups excluding tert-OH is 1. The minimum absolute atomic E-state index is 0.0370. The van der Waals surface area contributed by atoms with Crippen LogP contribution in [0.1, 0.15) is 30.4 Å². The van der Waals surface area contributed by atoms with Crippen LogP contribution in [0.15, 0.2) is 43.0 Å². The first-order valence-corrected chi connectivity index (χ1v) is 7.72. The van der Waals surface area contributed by atoms with Crippen LogP contribution in [-0.2, 0) is 17.9 Å². The fourth-order valence-electron chi connectivity index (χ4n) is 3.00. The molecule has 5 heteroatoms. The highest BCUT2D eigenvalue weighted by molar-refractivity contribution is 5.79. The predicted octanol–water partition coefficient (Wildman–Crippen LogP) is 1.71. The van der Waals surface area contributed by atoms with Crippen molar-refractivity contribution in [2.45, 2.75) is 38.5 Å². The van der Waals surface area contributed by atoms with Crippen molar-refractivity contribution in [2.24, 2.45) is 5.92 Å². The van der Waals surface area contributed by atoms with Crippen molar-refractivity contribution >= 4 is 5.91 Å². The molecule has 1 aromatic heterocycles. The van der Waals surface area contributed by atoms with Crippen molar-refractivity contribution in [2.75, 3.05) is 0 Å². The molecule has 1 aliphatic carbocycles. The average Bonchev–Trinajstić information content (AvgIpc) is 3.17. The fraction of sp³-hybridized carbons (Fsp3) is 0.412. The average molecular weight is 299 g/mol. The SMILES string of the molecule is O=C(NCc1cccc(Cn2ccnc2)c1)C1CCCC1O. The lowest BCUT2D eigenvalue weighted by atomic mass is 10.0. The van der Waals surface area contributed by atoms with E-state index in [4.69, 9.17) is 0 Å². The van der Waals surface area contributed by atoms with E-state index in [1.807, 2.05) is 22.9 Å². The second-order valence-corrected chi connectivity index (χ2v) is 5.88. The molecule has 3 rings (SSSR count). The maximum atomic E-state index is 12.1. The smallest absolute Gasteiger partial charge is 0.225 e. The van der Waals surface area contributed by atoms with Gasteiger partial charge in [0.1, 0.15) is 0 Å². The van der Waals surface area contributed by atoms with Crippen molar-refractivity contribution in [1.29, 1.82) is 0 Å². The first-order chi connectivity index (χ1) is 10.7. The van der Waals surface area contributed by atoms with Crippen LogP contribution in [0.5, 0.6) is 0 Å². The second kappa shape index (κ2) is 6.75. The summed E-state index contributed by atoms with van der Waals surface area (Å²) in [4.78, 5) is 16.1. The Bertz CT molecular complexity index is 625. The number of imidazole rings is 1. The minimum Gasteiger partial charge on any atom is -0.392 e. The van der Waals surface area contributed by atoms with Crippen LogP contribution in [0, 0.1) is 5.92 Å². The molecule has 0 saturated heterocycles. The Morgan fingerprint density at radius 1 is 1.36 bits per heavy atom. The summed E-state index contributed by atoms with van der Waals surface area (Å²) >= 11 is 0. The molecule has 116 valence electrons. The van der Waals surface area contributed by atoms with Crippen LogP contribution in [0.2, 0.25) is 0 Å². The van der Waals surface area contributed by atoms with Crippen LogP contribution >= 0.6 is 0 Å². The summed E-state index contributed by atoms with van der Waals surface area (Å²) in [5.41, 5.74) is 2.24. The molecule has 5 nitrogen and oxygen atoms in total. The lowest BCUT2D eigenvalue weighted by Crippen LogP contribution is -2.34. The first-order valence-electron chi connectivity index (χ1n) is 7.72. The number of hydrogen-bond acceptors (Lipinski definition) is 3. The Morgan fingerprint density at radius 2 is 2.23 bits per heavy atom. The highest BCUT2D eigenvalue weighted by Crippen LogP contribution is 2.25. The Kier molecular flexibility index (Phi) is 4.53. The van der Waals surface area contributed by atoms with E-state index in [0.717, 1.165) is 31.4 Å². The summed E-state index contributed by atoms with van der Waals surface area (Å²) in [6.45, 7) is 1.27. The molecule has 1 saturated carbocycles. The van der Waals surface area contributed by atoms with Gasteiger partial charge in [-0.2, -0.15) is 0 Å². The zero-order chi connectivity index (χ0) is 15.4. The first kappa shape index (κ1) is 14.8. The van der Waals surface area contributed by atoms with Crippen molar-refractivity contribution < 1.29 is 9.90 Å². The Labute approximate surface area is 130 Å². The minimum atomic E-state index is -0.479. The monoisotopic (exact) mass is 299 g/mol. The Morgan fingerprint density at radius 3 is 2.95 bits per heavy atom. The highest BCUT2D eigenvalue weighted by atomic mass is 16.3. The number of nitrogens with zero attached hydrogens (tertiary/aromatic N) is 2. The molecule has 1 amide bonds. The zero-order valence-corrected chi connectivity index (χ0v) is 12.5. The summed E-state index contributed by atoms with van der Waals surface area (Å²) in [6.07, 6.45) is 7.45. The van der Waals surface area contributed by atoms with Crippen molar-refractivity contribution in [3.63, 3.8) is 0 Å². The van der Waals surface area contributed by atoms with Gasteiger partial charge in [0.15, 0.2) is 0 Å². The third-order valence-corrected chi connectivity index (χ3v) is 4.20. The molecule has 2 aromatic rings. The maximum Gasteiger partial charge on any atom is 0.225 e. The molecule has 2 unspecified atom stereocenters. The molecule has 2 N–H and O–H groups in total. The molecule has 0 radical (unpaired) electrons. The van der Waals surface area contributed by atoms with Gasteiger partial charge in [-0.15, -0.1) is 0 Å². The van der Waals surface area contributed by atoms with E-state index in [2.05, 4.69) is 22.4 Å². The summed E-state index contributed by atoms with van der Waals surface area (Å²) in [7, 11) is 0. The van der Waals surface area contributed by atoms with E-state index in [1.165, 1.54) is 5.56 Å². The van der Waals surface area contributed by atoms with Gasteiger partial charge in [-0.3, -0.25) is 4.79 Å². The van der Waals surface area contributed by atoms with Gasteiger partial charge in [0.25, 0.3) is 0 Å². The van der Waals surface area contributed by atoms with Gasteiger partial charge < -0.3 is 15.0 Å². The van der Waals surface area contributed by atoms with Gasteiger partial charge in [-0.1, -0.05) is 24.3 Å². The quantitative estimate of drug-likeness (QED) is 0.883. The zero-order valence-electron chi connectivity index (χ0n) is 12.5. The lowest BCUT2D eigenvalue weighted by molar-refractivity contribution is -0.127. The number of aromatic nitrogens is 2. The van der Waals surface area contributed by atoms with E-state index in [0.29, 0.717) is 6.54 Å². The topological polar surface area (TPSA) is 67.2 Å². The molecule has 2 atom stereocenters. The second-order valence-electron chi connectivity index (χ2n) is 5.88. The van der Waals surface area contributed by atoms with Gasteiger partial charge >= 0.3 is 0 Å². The van der Waals surface area contributed by atoms with Crippen LogP contribution in [0.3, 0.4) is 0 Å². The highest BCUT2D eigenvalue weighted by Gasteiger charge is 2.31. The number of carbonyl (C=O) groups excluding carboxylic acids is 1. The molecule has 1 heterocycles. The number of hydrogen-bond donors (Lipinski definition) is 2. The van der Waals surface area contributed by atoms with E-state index in [1.54, 1.807) is 12.5 Å². The molecule has 1 fully saturated rings. The molecule has 0 bridgehead atoms. The molecule has 0 spiro atoms. The molecule has 1 aromatic carbocycles. The summed E-state index contributed by atoms with van der Waals surface area (Å²) in [5.74, 6) is -0.279. The van der Waals surface area contributed by atoms with Gasteiger partial charge in [-0.25, -0.2) is 4.98 Å². The normalized spacial score (nSPS) is 21.0. The number of aliphatic hydroxyl groups is 1. The number of amides is 1. The molecular weight excluding hydrogens is 278 g/mol. The number of carbonyl (C=O) groups is 1. The lowest BCUT2D eigenvalue weighted by Gasteiger charge is -2.14. The molecule has 1 aliphatic rings. The number of benzene rings is 1. The van der Waals surface area contributed by atoms with Crippen molar-refractivity contribution in [1.82, 2.24) is 14.9 Å². The fourth-order valence-corrected chi connectivity index (χ4v) is 3.00. The van der Waals surface area contributed by atoms with E-state index in [-0.39, 0.29) is 11.8 Å². The maximum absolute atomic E-state index is 12.1. The number of rotatable bonds is 5. The van der Waals surface area contributed by atoms with Gasteiger partial charge in [0.05, 0.1) is 18.3 Å². The Hall–Kier alpha value is -2.14. The molecule has 0 aliphatic heterocycles. The van der Waals surface area contributed by atoms with Crippen molar-refractivity contribution in [3.05, 3.63) is 54.1 Å². The predicted molar refractivity (Wildman–Crippen MR) is 83.0 cm³/mol. The van der Waals surface area contributed by atoms with Gasteiger partial charge in [0.2, 0.25) is 5.91 Å².